The summed E-state index contributed by atoms with van der Waals surface area (Å²) in [6, 6.07) is 16.0. The van der Waals surface area contributed by atoms with Crippen LogP contribution in [0.2, 0.25) is 0 Å². The molecule has 4 heteroatoms. The average Bonchev–Trinajstić information content (AvgIpc) is 2.53. The first-order chi connectivity index (χ1) is 9.78. The highest BCUT2D eigenvalue weighted by molar-refractivity contribution is 7.99. The Labute approximate surface area is 124 Å². The smallest absolute Gasteiger partial charge is 0.123 e. The molecule has 2 aromatic carbocycles. The Balaban J connectivity index is 2.19. The number of nitrogens with two attached hydrogens (primary N) is 1. The Morgan fingerprint density at radius 1 is 1.00 bits per heavy atom. The second-order valence-corrected chi connectivity index (χ2v) is 5.54. The van der Waals surface area contributed by atoms with E-state index in [0.717, 1.165) is 22.0 Å². The molecule has 2 aromatic rings. The van der Waals surface area contributed by atoms with E-state index >= 15 is 0 Å². The minimum Gasteiger partial charge on any atom is -0.497 e. The van der Waals surface area contributed by atoms with Crippen LogP contribution in [0.5, 0.6) is 11.5 Å². The number of hydrogen-bond donors (Lipinski definition) is 1. The van der Waals surface area contributed by atoms with E-state index in [-0.39, 0.29) is 5.25 Å². The lowest BCUT2D eigenvalue weighted by Crippen LogP contribution is -2.10. The molecule has 0 aliphatic heterocycles. The summed E-state index contributed by atoms with van der Waals surface area (Å²) in [5.74, 6) is 1.74. The third-order valence-electron chi connectivity index (χ3n) is 3.04. The quantitative estimate of drug-likeness (QED) is 0.827. The minimum atomic E-state index is 0.166. The summed E-state index contributed by atoms with van der Waals surface area (Å²) >= 11 is 1.73. The molecule has 0 fully saturated rings. The van der Waals surface area contributed by atoms with Crippen LogP contribution < -0.4 is 15.2 Å². The van der Waals surface area contributed by atoms with Gasteiger partial charge in [0, 0.05) is 17.0 Å². The van der Waals surface area contributed by atoms with Crippen molar-refractivity contribution in [2.24, 2.45) is 5.73 Å². The molecule has 1 atom stereocenters. The van der Waals surface area contributed by atoms with E-state index in [0.29, 0.717) is 6.54 Å². The summed E-state index contributed by atoms with van der Waals surface area (Å²) < 4.78 is 10.6. The minimum absolute atomic E-state index is 0.166. The maximum absolute atomic E-state index is 5.93. The zero-order valence-corrected chi connectivity index (χ0v) is 12.5. The molecule has 106 valence electrons. The van der Waals surface area contributed by atoms with Crippen LogP contribution in [-0.2, 0) is 0 Å². The van der Waals surface area contributed by atoms with Gasteiger partial charge in [-0.2, -0.15) is 0 Å². The second-order valence-electron chi connectivity index (χ2n) is 4.26. The molecule has 0 saturated carbocycles. The monoisotopic (exact) mass is 289 g/mol. The first-order valence-corrected chi connectivity index (χ1v) is 7.30. The van der Waals surface area contributed by atoms with E-state index in [4.69, 9.17) is 15.2 Å². The van der Waals surface area contributed by atoms with Crippen molar-refractivity contribution in [3.63, 3.8) is 0 Å². The Morgan fingerprint density at radius 3 is 2.30 bits per heavy atom. The zero-order chi connectivity index (χ0) is 14.4. The summed E-state index contributed by atoms with van der Waals surface area (Å²) in [5, 5.41) is 0.166. The molecule has 0 aromatic heterocycles. The standard InChI is InChI=1S/C16H19NO2S/c1-18-12-7-9-13(10-8-12)20-16(11-17)14-5-3-4-6-15(14)19-2/h3-10,16H,11,17H2,1-2H3. The predicted octanol–water partition coefficient (Wildman–Crippen LogP) is 3.50. The molecule has 20 heavy (non-hydrogen) atoms. The summed E-state index contributed by atoms with van der Waals surface area (Å²) in [4.78, 5) is 1.16. The van der Waals surface area contributed by atoms with Gasteiger partial charge >= 0.3 is 0 Å². The van der Waals surface area contributed by atoms with Crippen molar-refractivity contribution in [1.82, 2.24) is 0 Å². The lowest BCUT2D eigenvalue weighted by molar-refractivity contribution is 0.409. The van der Waals surface area contributed by atoms with Gasteiger partial charge in [0.25, 0.3) is 0 Å². The Bertz CT molecular complexity index is 542. The van der Waals surface area contributed by atoms with Gasteiger partial charge in [-0.3, -0.25) is 0 Å². The van der Waals surface area contributed by atoms with Crippen molar-refractivity contribution in [2.75, 3.05) is 20.8 Å². The molecule has 1 unspecified atom stereocenters. The first-order valence-electron chi connectivity index (χ1n) is 6.42. The second kappa shape index (κ2) is 7.22. The molecule has 0 aliphatic rings. The van der Waals surface area contributed by atoms with Gasteiger partial charge in [-0.25, -0.2) is 0 Å². The van der Waals surface area contributed by atoms with E-state index in [2.05, 4.69) is 6.07 Å². The Kier molecular flexibility index (Phi) is 5.32. The van der Waals surface area contributed by atoms with Crippen molar-refractivity contribution >= 4 is 11.8 Å². The SMILES string of the molecule is COc1ccc(SC(CN)c2ccccc2OC)cc1. The third kappa shape index (κ3) is 3.46. The Hall–Kier alpha value is -1.65. The van der Waals surface area contributed by atoms with Crippen LogP contribution in [0.25, 0.3) is 0 Å². The normalized spacial score (nSPS) is 11.9. The molecule has 2 N–H and O–H groups in total. The predicted molar refractivity (Wildman–Crippen MR) is 83.6 cm³/mol. The molecule has 3 nitrogen and oxygen atoms in total. The van der Waals surface area contributed by atoms with Crippen molar-refractivity contribution in [2.45, 2.75) is 10.1 Å². The molecular formula is C16H19NO2S. The maximum atomic E-state index is 5.93. The van der Waals surface area contributed by atoms with Crippen LogP contribution in [0.4, 0.5) is 0 Å². The third-order valence-corrected chi connectivity index (χ3v) is 4.31. The molecule has 0 radical (unpaired) electrons. The fraction of sp³-hybridized carbons (Fsp3) is 0.250. The number of ether oxygens (including phenoxy) is 2. The number of para-hydroxylation sites is 1. The van der Waals surface area contributed by atoms with Crippen molar-refractivity contribution in [3.8, 4) is 11.5 Å². The van der Waals surface area contributed by atoms with Crippen molar-refractivity contribution < 1.29 is 9.47 Å². The number of rotatable bonds is 6. The Morgan fingerprint density at radius 2 is 1.70 bits per heavy atom. The number of methoxy groups -OCH3 is 2. The largest absolute Gasteiger partial charge is 0.497 e. The van der Waals surface area contributed by atoms with Gasteiger partial charge in [-0.1, -0.05) is 18.2 Å². The van der Waals surface area contributed by atoms with Gasteiger partial charge in [0.15, 0.2) is 0 Å². The first kappa shape index (κ1) is 14.8. The van der Waals surface area contributed by atoms with Gasteiger partial charge in [-0.05, 0) is 30.3 Å². The average molecular weight is 289 g/mol. The molecule has 2 rings (SSSR count). The summed E-state index contributed by atoms with van der Waals surface area (Å²) in [7, 11) is 3.35. The summed E-state index contributed by atoms with van der Waals surface area (Å²) in [6.45, 7) is 0.553. The van der Waals surface area contributed by atoms with Crippen LogP contribution in [0.15, 0.2) is 53.4 Å². The molecular weight excluding hydrogens is 270 g/mol. The molecule has 0 bridgehead atoms. The highest BCUT2D eigenvalue weighted by atomic mass is 32.2. The maximum Gasteiger partial charge on any atom is 0.123 e. The van der Waals surface area contributed by atoms with E-state index in [1.54, 1.807) is 26.0 Å². The van der Waals surface area contributed by atoms with Crippen molar-refractivity contribution in [3.05, 3.63) is 54.1 Å². The van der Waals surface area contributed by atoms with Crippen LogP contribution in [0, 0.1) is 0 Å². The summed E-state index contributed by atoms with van der Waals surface area (Å²) in [6.07, 6.45) is 0. The van der Waals surface area contributed by atoms with Crippen LogP contribution in [-0.4, -0.2) is 20.8 Å². The lowest BCUT2D eigenvalue weighted by Gasteiger charge is -2.18. The van der Waals surface area contributed by atoms with Gasteiger partial charge < -0.3 is 15.2 Å². The van der Waals surface area contributed by atoms with Gasteiger partial charge in [0.05, 0.1) is 19.5 Å². The van der Waals surface area contributed by atoms with E-state index < -0.39 is 0 Å². The molecule has 0 heterocycles. The topological polar surface area (TPSA) is 44.5 Å². The van der Waals surface area contributed by atoms with E-state index in [1.807, 2.05) is 42.5 Å². The van der Waals surface area contributed by atoms with E-state index in [9.17, 15) is 0 Å². The lowest BCUT2D eigenvalue weighted by atomic mass is 10.1. The highest BCUT2D eigenvalue weighted by Crippen LogP contribution is 2.38. The summed E-state index contributed by atoms with van der Waals surface area (Å²) in [5.41, 5.74) is 7.05. The van der Waals surface area contributed by atoms with Gasteiger partial charge in [-0.15, -0.1) is 11.8 Å². The zero-order valence-electron chi connectivity index (χ0n) is 11.7. The van der Waals surface area contributed by atoms with Crippen LogP contribution in [0.1, 0.15) is 10.8 Å². The van der Waals surface area contributed by atoms with Crippen molar-refractivity contribution in [1.29, 1.82) is 0 Å². The van der Waals surface area contributed by atoms with Crippen LogP contribution >= 0.6 is 11.8 Å². The van der Waals surface area contributed by atoms with Gasteiger partial charge in [0.2, 0.25) is 0 Å². The fourth-order valence-electron chi connectivity index (χ4n) is 1.99. The van der Waals surface area contributed by atoms with Gasteiger partial charge in [0.1, 0.15) is 11.5 Å². The van der Waals surface area contributed by atoms with Crippen LogP contribution in [0.3, 0.4) is 0 Å². The fourth-order valence-corrected chi connectivity index (χ4v) is 3.03. The number of hydrogen-bond acceptors (Lipinski definition) is 4. The number of thioether (sulfide) groups is 1. The number of benzene rings is 2. The molecule has 0 amide bonds. The molecule has 0 spiro atoms. The van der Waals surface area contributed by atoms with E-state index in [1.165, 1.54) is 0 Å². The molecule has 0 aliphatic carbocycles. The highest BCUT2D eigenvalue weighted by Gasteiger charge is 2.15. The molecule has 0 saturated heterocycles.